The van der Waals surface area contributed by atoms with Crippen molar-refractivity contribution in [1.82, 2.24) is 0 Å². The highest BCUT2D eigenvalue weighted by atomic mass is 16.1. The maximum Gasteiger partial charge on any atom is 0.154 e. The van der Waals surface area contributed by atoms with Crippen LogP contribution in [0.5, 0.6) is 0 Å². The SMILES string of the molecule is CCC(=O)C(C)N(C)c1ccccc1C#N. The Morgan fingerprint density at radius 1 is 1.50 bits per heavy atom. The van der Waals surface area contributed by atoms with Gasteiger partial charge in [0.1, 0.15) is 6.07 Å². The molecule has 0 saturated carbocycles. The zero-order valence-electron chi connectivity index (χ0n) is 9.90. The van der Waals surface area contributed by atoms with E-state index in [1.165, 1.54) is 0 Å². The maximum atomic E-state index is 11.6. The third kappa shape index (κ3) is 2.40. The smallest absolute Gasteiger partial charge is 0.154 e. The standard InChI is InChI=1S/C13H16N2O/c1-4-13(16)10(2)15(3)12-8-6-5-7-11(12)9-14/h5-8,10H,4H2,1-3H3. The van der Waals surface area contributed by atoms with E-state index in [0.717, 1.165) is 5.69 Å². The van der Waals surface area contributed by atoms with Crippen molar-refractivity contribution in [3.8, 4) is 6.07 Å². The molecular formula is C13H16N2O. The molecule has 1 atom stereocenters. The molecule has 0 bridgehead atoms. The summed E-state index contributed by atoms with van der Waals surface area (Å²) in [5.74, 6) is 0.176. The molecular weight excluding hydrogens is 200 g/mol. The average Bonchev–Trinajstić information content (AvgIpc) is 2.35. The van der Waals surface area contributed by atoms with Gasteiger partial charge in [-0.2, -0.15) is 5.26 Å². The van der Waals surface area contributed by atoms with Crippen LogP contribution in [0.2, 0.25) is 0 Å². The van der Waals surface area contributed by atoms with Crippen molar-refractivity contribution < 1.29 is 4.79 Å². The van der Waals surface area contributed by atoms with E-state index in [0.29, 0.717) is 12.0 Å². The molecule has 3 heteroatoms. The van der Waals surface area contributed by atoms with Gasteiger partial charge in [-0.1, -0.05) is 19.1 Å². The summed E-state index contributed by atoms with van der Waals surface area (Å²) in [6.45, 7) is 3.71. The minimum absolute atomic E-state index is 0.176. The quantitative estimate of drug-likeness (QED) is 0.776. The Morgan fingerprint density at radius 2 is 2.12 bits per heavy atom. The average molecular weight is 216 g/mol. The Kier molecular flexibility index (Phi) is 4.07. The molecule has 1 unspecified atom stereocenters. The number of anilines is 1. The van der Waals surface area contributed by atoms with Crippen LogP contribution in [0.4, 0.5) is 5.69 Å². The predicted molar refractivity (Wildman–Crippen MR) is 64.3 cm³/mol. The van der Waals surface area contributed by atoms with Gasteiger partial charge in [-0.05, 0) is 19.1 Å². The molecule has 0 spiro atoms. The van der Waals surface area contributed by atoms with Crippen LogP contribution in [0.25, 0.3) is 0 Å². The van der Waals surface area contributed by atoms with E-state index < -0.39 is 0 Å². The Balaban J connectivity index is 3.01. The van der Waals surface area contributed by atoms with Crippen LogP contribution in [0.3, 0.4) is 0 Å². The minimum Gasteiger partial charge on any atom is -0.364 e. The van der Waals surface area contributed by atoms with Crippen molar-refractivity contribution in [2.45, 2.75) is 26.3 Å². The lowest BCUT2D eigenvalue weighted by Crippen LogP contribution is -2.36. The summed E-state index contributed by atoms with van der Waals surface area (Å²) in [6.07, 6.45) is 0.514. The molecule has 0 radical (unpaired) electrons. The molecule has 0 saturated heterocycles. The molecule has 16 heavy (non-hydrogen) atoms. The van der Waals surface area contributed by atoms with Crippen molar-refractivity contribution in [1.29, 1.82) is 5.26 Å². The summed E-state index contributed by atoms with van der Waals surface area (Å²) >= 11 is 0. The summed E-state index contributed by atoms with van der Waals surface area (Å²) in [4.78, 5) is 13.5. The van der Waals surface area contributed by atoms with E-state index >= 15 is 0 Å². The van der Waals surface area contributed by atoms with Gasteiger partial charge >= 0.3 is 0 Å². The highest BCUT2D eigenvalue weighted by Gasteiger charge is 2.18. The van der Waals surface area contributed by atoms with Crippen molar-refractivity contribution >= 4 is 11.5 Å². The molecule has 0 aliphatic carbocycles. The van der Waals surface area contributed by atoms with Crippen LogP contribution in [0.15, 0.2) is 24.3 Å². The molecule has 0 heterocycles. The van der Waals surface area contributed by atoms with E-state index in [9.17, 15) is 4.79 Å². The molecule has 1 aromatic carbocycles. The van der Waals surface area contributed by atoms with Crippen molar-refractivity contribution in [2.24, 2.45) is 0 Å². The van der Waals surface area contributed by atoms with Gasteiger partial charge in [0.2, 0.25) is 0 Å². The van der Waals surface area contributed by atoms with E-state index in [1.54, 1.807) is 6.07 Å². The van der Waals surface area contributed by atoms with Gasteiger partial charge in [-0.15, -0.1) is 0 Å². The highest BCUT2D eigenvalue weighted by molar-refractivity contribution is 5.86. The summed E-state index contributed by atoms with van der Waals surface area (Å²) < 4.78 is 0. The predicted octanol–water partition coefficient (Wildman–Crippen LogP) is 2.36. The van der Waals surface area contributed by atoms with E-state index in [-0.39, 0.29) is 11.8 Å². The third-order valence-electron chi connectivity index (χ3n) is 2.80. The lowest BCUT2D eigenvalue weighted by molar-refractivity contribution is -0.119. The first kappa shape index (κ1) is 12.3. The monoisotopic (exact) mass is 216 g/mol. The zero-order chi connectivity index (χ0) is 12.1. The zero-order valence-corrected chi connectivity index (χ0v) is 9.90. The Labute approximate surface area is 96.3 Å². The van der Waals surface area contributed by atoms with E-state index in [4.69, 9.17) is 5.26 Å². The number of para-hydroxylation sites is 1. The number of rotatable bonds is 4. The lowest BCUT2D eigenvalue weighted by atomic mass is 10.1. The summed E-state index contributed by atoms with van der Waals surface area (Å²) in [5.41, 5.74) is 1.40. The van der Waals surface area contributed by atoms with Crippen LogP contribution in [0.1, 0.15) is 25.8 Å². The largest absolute Gasteiger partial charge is 0.364 e. The van der Waals surface area contributed by atoms with Crippen LogP contribution >= 0.6 is 0 Å². The van der Waals surface area contributed by atoms with Gasteiger partial charge in [-0.25, -0.2) is 0 Å². The van der Waals surface area contributed by atoms with Gasteiger partial charge < -0.3 is 4.90 Å². The number of Topliss-reactive ketones (excluding diaryl/α,β-unsaturated/α-hetero) is 1. The summed E-state index contributed by atoms with van der Waals surface area (Å²) in [7, 11) is 1.84. The fraction of sp³-hybridized carbons (Fsp3) is 0.385. The third-order valence-corrected chi connectivity index (χ3v) is 2.80. The van der Waals surface area contributed by atoms with Gasteiger partial charge in [0.15, 0.2) is 5.78 Å². The Bertz CT molecular complexity index is 420. The highest BCUT2D eigenvalue weighted by Crippen LogP contribution is 2.20. The topological polar surface area (TPSA) is 44.1 Å². The minimum atomic E-state index is -0.195. The fourth-order valence-electron chi connectivity index (χ4n) is 1.60. The number of nitrogens with zero attached hydrogens (tertiary/aromatic N) is 2. The molecule has 0 aliphatic heterocycles. The normalized spacial score (nSPS) is 11.6. The molecule has 0 aromatic heterocycles. The van der Waals surface area contributed by atoms with Gasteiger partial charge in [0, 0.05) is 13.5 Å². The van der Waals surface area contributed by atoms with Crippen molar-refractivity contribution in [3.63, 3.8) is 0 Å². The molecule has 0 amide bonds. The number of carbonyl (C=O) groups excluding carboxylic acids is 1. The lowest BCUT2D eigenvalue weighted by Gasteiger charge is -2.26. The maximum absolute atomic E-state index is 11.6. The number of hydrogen-bond donors (Lipinski definition) is 0. The molecule has 1 rings (SSSR count). The molecule has 3 nitrogen and oxygen atoms in total. The second-order valence-corrected chi connectivity index (χ2v) is 3.74. The number of benzene rings is 1. The van der Waals surface area contributed by atoms with Crippen LogP contribution in [-0.2, 0) is 4.79 Å². The number of ketones is 1. The molecule has 0 fully saturated rings. The number of carbonyl (C=O) groups is 1. The first-order valence-corrected chi connectivity index (χ1v) is 5.36. The second kappa shape index (κ2) is 5.32. The van der Waals surface area contributed by atoms with Crippen molar-refractivity contribution in [2.75, 3.05) is 11.9 Å². The molecule has 84 valence electrons. The number of likely N-dealkylation sites (N-methyl/N-ethyl adjacent to an activating group) is 1. The molecule has 1 aromatic rings. The molecule has 0 aliphatic rings. The van der Waals surface area contributed by atoms with E-state index in [2.05, 4.69) is 6.07 Å². The van der Waals surface area contributed by atoms with Gasteiger partial charge in [0.05, 0.1) is 17.3 Å². The van der Waals surface area contributed by atoms with Gasteiger partial charge in [0.25, 0.3) is 0 Å². The summed E-state index contributed by atoms with van der Waals surface area (Å²) in [6, 6.07) is 9.25. The van der Waals surface area contributed by atoms with Crippen LogP contribution < -0.4 is 4.90 Å². The first-order valence-electron chi connectivity index (χ1n) is 5.36. The number of hydrogen-bond acceptors (Lipinski definition) is 3. The Morgan fingerprint density at radius 3 is 2.69 bits per heavy atom. The van der Waals surface area contributed by atoms with Gasteiger partial charge in [-0.3, -0.25) is 4.79 Å². The fourth-order valence-corrected chi connectivity index (χ4v) is 1.60. The second-order valence-electron chi connectivity index (χ2n) is 3.74. The first-order chi connectivity index (χ1) is 7.61. The Hall–Kier alpha value is -1.82. The van der Waals surface area contributed by atoms with Crippen molar-refractivity contribution in [3.05, 3.63) is 29.8 Å². The van der Waals surface area contributed by atoms with Crippen LogP contribution in [0, 0.1) is 11.3 Å². The van der Waals surface area contributed by atoms with Crippen LogP contribution in [-0.4, -0.2) is 18.9 Å². The number of nitriles is 1. The molecule has 0 N–H and O–H groups in total. The van der Waals surface area contributed by atoms with E-state index in [1.807, 2.05) is 44.0 Å². The summed E-state index contributed by atoms with van der Waals surface area (Å²) in [5, 5.41) is 8.98.